The summed E-state index contributed by atoms with van der Waals surface area (Å²) in [5.41, 5.74) is 20.9. The van der Waals surface area contributed by atoms with Gasteiger partial charge in [0.25, 0.3) is 0 Å². The molecule has 1 aliphatic carbocycles. The predicted octanol–water partition coefficient (Wildman–Crippen LogP) is 15.8. The normalized spacial score (nSPS) is 12.3. The number of rotatable bonds is 6. The van der Waals surface area contributed by atoms with E-state index in [1.54, 1.807) is 6.07 Å². The van der Waals surface area contributed by atoms with Crippen molar-refractivity contribution in [2.45, 2.75) is 52.9 Å². The second-order valence-electron chi connectivity index (χ2n) is 19.0. The number of aromatic nitrogens is 3. The summed E-state index contributed by atoms with van der Waals surface area (Å²) in [7, 11) is 0. The van der Waals surface area contributed by atoms with E-state index in [1.807, 2.05) is 12.1 Å². The molecule has 5 nitrogen and oxygen atoms in total. The standard InChI is InChI=1S/C62H48N3O2.Pt/c1-37-16-11-17-38(2)60(37)65-51-27-15-26-47(59(51)64-61(65)50-33-32-41-31-30-40-20-13-28-52(66)55(40)58(41)63-50)43-35-49(57-48-23-9-10-29-53(48)67-54(57)36-43)56-45(39-18-7-6-8-19-39)24-14-25-46(56)42-21-12-22-44(34-42)62(3,4)5;/h6-29,32-34,36,66H,30-31H2,1-5H3;/q-1;. The van der Waals surface area contributed by atoms with Crippen molar-refractivity contribution < 1.29 is 30.6 Å². The van der Waals surface area contributed by atoms with Crippen LogP contribution in [0.1, 0.15) is 48.6 Å². The molecule has 0 spiro atoms. The molecule has 0 unspecified atom stereocenters. The van der Waals surface area contributed by atoms with Gasteiger partial charge in [0, 0.05) is 26.6 Å². The molecule has 12 rings (SSSR count). The van der Waals surface area contributed by atoms with E-state index in [4.69, 9.17) is 14.4 Å². The van der Waals surface area contributed by atoms with E-state index in [-0.39, 0.29) is 32.2 Å². The Bertz CT molecular complexity index is 3760. The monoisotopic (exact) mass is 1060 g/mol. The number of fused-ring (bicyclic) bond motifs is 7. The number of aromatic hydroxyl groups is 1. The Labute approximate surface area is 411 Å². The molecule has 68 heavy (non-hydrogen) atoms. The number of hydrogen-bond acceptors (Lipinski definition) is 4. The minimum atomic E-state index is -0.0358. The molecule has 0 bridgehead atoms. The Kier molecular flexibility index (Phi) is 10.7. The van der Waals surface area contributed by atoms with Crippen LogP contribution in [-0.2, 0) is 39.3 Å². The van der Waals surface area contributed by atoms with E-state index < -0.39 is 0 Å². The molecule has 3 aromatic heterocycles. The van der Waals surface area contributed by atoms with Crippen LogP contribution in [-0.4, -0.2) is 19.6 Å². The zero-order valence-corrected chi connectivity index (χ0v) is 40.9. The SMILES string of the molecule is Cc1cccc(C)c1-n1c(-c2ccc3c(n2)-c2c(O)cccc2CC3)nc2c(-c3[c-]c(-c4c(-c5ccccc5)cccc4-c4cccc(C(C)(C)C)c4)c4c(c3)oc3ccccc34)cccc21.[Pt]. The van der Waals surface area contributed by atoms with Crippen molar-refractivity contribution in [1.82, 2.24) is 14.5 Å². The fourth-order valence-corrected chi connectivity index (χ4v) is 10.4. The fourth-order valence-electron chi connectivity index (χ4n) is 10.4. The van der Waals surface area contributed by atoms with Crippen molar-refractivity contribution in [1.29, 1.82) is 0 Å². The number of pyridine rings is 1. The third kappa shape index (κ3) is 7.11. The number of phenolic OH excluding ortho intramolecular Hbond substituents is 1. The van der Waals surface area contributed by atoms with E-state index in [0.29, 0.717) is 0 Å². The number of nitrogens with zero attached hydrogens (tertiary/aromatic N) is 3. The largest absolute Gasteiger partial charge is 0.507 e. The van der Waals surface area contributed by atoms with Gasteiger partial charge in [-0.1, -0.05) is 177 Å². The van der Waals surface area contributed by atoms with E-state index in [1.165, 1.54) is 5.56 Å². The van der Waals surface area contributed by atoms with Crippen molar-refractivity contribution in [3.8, 4) is 78.7 Å². The zero-order chi connectivity index (χ0) is 45.6. The second-order valence-corrected chi connectivity index (χ2v) is 19.0. The summed E-state index contributed by atoms with van der Waals surface area (Å²) in [5, 5.41) is 13.3. The number of hydrogen-bond donors (Lipinski definition) is 1. The number of phenols is 1. The molecule has 0 saturated carbocycles. The van der Waals surface area contributed by atoms with Crippen molar-refractivity contribution in [3.63, 3.8) is 0 Å². The first-order valence-corrected chi connectivity index (χ1v) is 23.2. The molecular formula is C62H48N3O2Pt-. The summed E-state index contributed by atoms with van der Waals surface area (Å²) in [6, 6.07) is 63.8. The van der Waals surface area contributed by atoms with Crippen LogP contribution in [0.5, 0.6) is 5.75 Å². The maximum Gasteiger partial charge on any atom is 0.163 e. The number of imidazole rings is 1. The minimum absolute atomic E-state index is 0. The van der Waals surface area contributed by atoms with Crippen molar-refractivity contribution in [2.24, 2.45) is 0 Å². The predicted molar refractivity (Wildman–Crippen MR) is 275 cm³/mol. The summed E-state index contributed by atoms with van der Waals surface area (Å²) in [5.74, 6) is 0.977. The number of furan rings is 1. The van der Waals surface area contributed by atoms with Gasteiger partial charge in [-0.25, -0.2) is 9.97 Å². The Morgan fingerprint density at radius 3 is 2.09 bits per heavy atom. The van der Waals surface area contributed by atoms with Crippen LogP contribution in [0.2, 0.25) is 0 Å². The van der Waals surface area contributed by atoms with Crippen LogP contribution in [0, 0.1) is 19.9 Å². The van der Waals surface area contributed by atoms with E-state index in [0.717, 1.165) is 141 Å². The van der Waals surface area contributed by atoms with Crippen LogP contribution in [0.25, 0.3) is 106 Å². The first-order valence-electron chi connectivity index (χ1n) is 23.2. The summed E-state index contributed by atoms with van der Waals surface area (Å²) < 4.78 is 9.13. The molecule has 0 saturated heterocycles. The van der Waals surface area contributed by atoms with Crippen LogP contribution >= 0.6 is 0 Å². The van der Waals surface area contributed by atoms with Crippen LogP contribution < -0.4 is 0 Å². The van der Waals surface area contributed by atoms with Gasteiger partial charge in [-0.05, 0) is 117 Å². The van der Waals surface area contributed by atoms with Gasteiger partial charge >= 0.3 is 0 Å². The maximum atomic E-state index is 11.2. The topological polar surface area (TPSA) is 64.1 Å². The molecule has 0 aliphatic heterocycles. The summed E-state index contributed by atoms with van der Waals surface area (Å²) >= 11 is 0. The van der Waals surface area contributed by atoms with Gasteiger partial charge in [-0.3, -0.25) is 4.57 Å². The molecule has 0 radical (unpaired) electrons. The molecule has 1 N–H and O–H groups in total. The summed E-state index contributed by atoms with van der Waals surface area (Å²) in [4.78, 5) is 11.0. The van der Waals surface area contributed by atoms with Crippen molar-refractivity contribution in [3.05, 3.63) is 204 Å². The fraction of sp³-hybridized carbons (Fsp3) is 0.129. The Balaban J connectivity index is 0.00000507. The van der Waals surface area contributed by atoms with E-state index in [9.17, 15) is 5.11 Å². The maximum absolute atomic E-state index is 11.2. The molecule has 11 aromatic rings. The molecule has 8 aromatic carbocycles. The minimum Gasteiger partial charge on any atom is -0.507 e. The zero-order valence-electron chi connectivity index (χ0n) is 38.6. The van der Waals surface area contributed by atoms with Gasteiger partial charge in [-0.2, -0.15) is 0 Å². The number of para-hydroxylation sites is 3. The Hall–Kier alpha value is -7.33. The first kappa shape index (κ1) is 43.3. The number of benzene rings is 8. The third-order valence-corrected chi connectivity index (χ3v) is 13.7. The van der Waals surface area contributed by atoms with Gasteiger partial charge in [0.2, 0.25) is 0 Å². The van der Waals surface area contributed by atoms with Gasteiger partial charge < -0.3 is 9.52 Å². The van der Waals surface area contributed by atoms with Gasteiger partial charge in [0.1, 0.15) is 17.0 Å². The number of aryl methyl sites for hydroxylation is 4. The smallest absolute Gasteiger partial charge is 0.163 e. The van der Waals surface area contributed by atoms with Gasteiger partial charge in [-0.15, -0.1) is 17.2 Å². The molecular weight excluding hydrogens is 1010 g/mol. The van der Waals surface area contributed by atoms with Crippen LogP contribution in [0.3, 0.4) is 0 Å². The van der Waals surface area contributed by atoms with Gasteiger partial charge in [0.05, 0.1) is 28.0 Å². The average molecular weight is 1060 g/mol. The third-order valence-electron chi connectivity index (χ3n) is 13.7. The van der Waals surface area contributed by atoms with Gasteiger partial charge in [0.15, 0.2) is 5.82 Å². The van der Waals surface area contributed by atoms with Crippen LogP contribution in [0.15, 0.2) is 174 Å². The second kappa shape index (κ2) is 16.8. The molecule has 1 aliphatic rings. The molecule has 0 fully saturated rings. The molecule has 0 amide bonds. The van der Waals surface area contributed by atoms with Crippen LogP contribution in [0.4, 0.5) is 0 Å². The van der Waals surface area contributed by atoms with Crippen molar-refractivity contribution in [2.75, 3.05) is 0 Å². The van der Waals surface area contributed by atoms with E-state index in [2.05, 4.69) is 197 Å². The Morgan fingerprint density at radius 2 is 1.28 bits per heavy atom. The summed E-state index contributed by atoms with van der Waals surface area (Å²) in [6.45, 7) is 11.1. The molecule has 3 heterocycles. The molecule has 6 heteroatoms. The summed E-state index contributed by atoms with van der Waals surface area (Å²) in [6.07, 6.45) is 1.72. The quantitative estimate of drug-likeness (QED) is 0.169. The molecule has 0 atom stereocenters. The molecule has 334 valence electrons. The Morgan fingerprint density at radius 1 is 0.603 bits per heavy atom. The average Bonchev–Trinajstić information content (AvgIpc) is 3.92. The first-order chi connectivity index (χ1) is 32.6. The van der Waals surface area contributed by atoms with E-state index >= 15 is 0 Å². The van der Waals surface area contributed by atoms with Crippen molar-refractivity contribution >= 4 is 33.0 Å².